The summed E-state index contributed by atoms with van der Waals surface area (Å²) >= 11 is 0. The van der Waals surface area contributed by atoms with E-state index in [1.165, 1.54) is 0 Å². The van der Waals surface area contributed by atoms with E-state index in [-0.39, 0.29) is 11.2 Å². The van der Waals surface area contributed by atoms with Crippen molar-refractivity contribution in [3.8, 4) is 0 Å². The number of carbonyl (C=O) groups is 1. The van der Waals surface area contributed by atoms with E-state index in [1.54, 1.807) is 12.3 Å². The summed E-state index contributed by atoms with van der Waals surface area (Å²) in [5.74, 6) is -0.00800. The lowest BCUT2D eigenvalue weighted by atomic mass is 9.89. The van der Waals surface area contributed by atoms with Crippen LogP contribution in [0.3, 0.4) is 0 Å². The maximum absolute atomic E-state index is 12.3. The zero-order chi connectivity index (χ0) is 16.3. The lowest BCUT2D eigenvalue weighted by Gasteiger charge is -2.17. The Morgan fingerprint density at radius 1 is 1.18 bits per heavy atom. The molecule has 1 aromatic carbocycles. The van der Waals surface area contributed by atoms with Crippen LogP contribution in [0.1, 0.15) is 42.4 Å². The molecule has 0 aliphatic heterocycles. The maximum atomic E-state index is 12.3. The van der Waals surface area contributed by atoms with E-state index < -0.39 is 0 Å². The normalized spacial score (nSPS) is 11.9. The Hall–Kier alpha value is -2.36. The lowest BCUT2D eigenvalue weighted by molar-refractivity contribution is 0.104. The summed E-state index contributed by atoms with van der Waals surface area (Å²) in [6.45, 7) is 6.33. The molecule has 116 valence electrons. The molecule has 0 fully saturated rings. The second-order valence-corrected chi connectivity index (χ2v) is 6.59. The zero-order valence-electron chi connectivity index (χ0n) is 13.8. The monoisotopic (exact) mass is 297 g/mol. The van der Waals surface area contributed by atoms with Crippen LogP contribution < -0.4 is 4.90 Å². The number of allylic oxidation sites excluding steroid dienone is 1. The third-order valence-electron chi connectivity index (χ3n) is 3.50. The molecule has 0 saturated carbocycles. The Balaban J connectivity index is 2.17. The zero-order valence-corrected chi connectivity index (χ0v) is 13.8. The van der Waals surface area contributed by atoms with Crippen LogP contribution >= 0.6 is 0 Å². The first-order valence-corrected chi connectivity index (χ1v) is 7.32. The smallest absolute Gasteiger partial charge is 0.185 e. The standard InChI is InChI=1S/C18H23N3O/c1-18(2,3)17-14(12-19-20-17)8-11-16(22)13-6-9-15(10-7-13)21(4)5/h6-12H,1-5H3,(H,19,20)/b11-8+. The second kappa shape index (κ2) is 6.18. The van der Waals surface area contributed by atoms with E-state index in [4.69, 9.17) is 0 Å². The van der Waals surface area contributed by atoms with Crippen LogP contribution in [0.2, 0.25) is 0 Å². The van der Waals surface area contributed by atoms with Gasteiger partial charge in [0.15, 0.2) is 5.78 Å². The van der Waals surface area contributed by atoms with Crippen molar-refractivity contribution in [2.45, 2.75) is 26.2 Å². The maximum Gasteiger partial charge on any atom is 0.185 e. The molecule has 0 saturated heterocycles. The molecule has 4 nitrogen and oxygen atoms in total. The lowest BCUT2D eigenvalue weighted by Crippen LogP contribution is -2.13. The highest BCUT2D eigenvalue weighted by molar-refractivity contribution is 6.07. The predicted octanol–water partition coefficient (Wildman–Crippen LogP) is 3.67. The van der Waals surface area contributed by atoms with Gasteiger partial charge in [-0.15, -0.1) is 0 Å². The Labute approximate surface area is 131 Å². The highest BCUT2D eigenvalue weighted by atomic mass is 16.1. The fraction of sp³-hybridized carbons (Fsp3) is 0.333. The summed E-state index contributed by atoms with van der Waals surface area (Å²) in [6, 6.07) is 7.59. The van der Waals surface area contributed by atoms with Gasteiger partial charge in [-0.05, 0) is 36.4 Å². The molecule has 2 aromatic rings. The second-order valence-electron chi connectivity index (χ2n) is 6.59. The molecular weight excluding hydrogens is 274 g/mol. The Bertz CT molecular complexity index is 673. The summed E-state index contributed by atoms with van der Waals surface area (Å²) in [5, 5.41) is 7.09. The Kier molecular flexibility index (Phi) is 4.50. The molecule has 0 bridgehead atoms. The molecule has 0 atom stereocenters. The van der Waals surface area contributed by atoms with E-state index in [1.807, 2.05) is 49.3 Å². The largest absolute Gasteiger partial charge is 0.378 e. The fourth-order valence-corrected chi connectivity index (χ4v) is 2.21. The third kappa shape index (κ3) is 3.64. The van der Waals surface area contributed by atoms with Gasteiger partial charge in [0, 0.05) is 42.0 Å². The predicted molar refractivity (Wildman–Crippen MR) is 91.4 cm³/mol. The summed E-state index contributed by atoms with van der Waals surface area (Å²) in [5.41, 5.74) is 3.70. The molecule has 0 unspecified atom stereocenters. The number of ketones is 1. The van der Waals surface area contributed by atoms with Gasteiger partial charge in [0.2, 0.25) is 0 Å². The SMILES string of the molecule is CN(C)c1ccc(C(=O)/C=C/c2cn[nH]c2C(C)(C)C)cc1. The van der Waals surface area contributed by atoms with Gasteiger partial charge >= 0.3 is 0 Å². The van der Waals surface area contributed by atoms with Crippen LogP contribution in [0.5, 0.6) is 0 Å². The molecule has 0 radical (unpaired) electrons. The molecule has 2 rings (SSSR count). The molecular formula is C18H23N3O. The number of aromatic nitrogens is 2. The summed E-state index contributed by atoms with van der Waals surface area (Å²) in [6.07, 6.45) is 5.18. The number of aromatic amines is 1. The van der Waals surface area contributed by atoms with Gasteiger partial charge in [-0.1, -0.05) is 20.8 Å². The van der Waals surface area contributed by atoms with E-state index in [0.29, 0.717) is 5.56 Å². The van der Waals surface area contributed by atoms with Crippen molar-refractivity contribution in [2.75, 3.05) is 19.0 Å². The van der Waals surface area contributed by atoms with Crippen molar-refractivity contribution < 1.29 is 4.79 Å². The van der Waals surface area contributed by atoms with Crippen molar-refractivity contribution in [3.63, 3.8) is 0 Å². The van der Waals surface area contributed by atoms with E-state index in [0.717, 1.165) is 16.9 Å². The number of rotatable bonds is 4. The number of anilines is 1. The summed E-state index contributed by atoms with van der Waals surface area (Å²) in [7, 11) is 3.95. The first-order valence-electron chi connectivity index (χ1n) is 7.32. The first-order chi connectivity index (χ1) is 10.3. The van der Waals surface area contributed by atoms with Crippen molar-refractivity contribution >= 4 is 17.5 Å². The molecule has 1 N–H and O–H groups in total. The number of hydrogen-bond donors (Lipinski definition) is 1. The average Bonchev–Trinajstić information content (AvgIpc) is 2.93. The summed E-state index contributed by atoms with van der Waals surface area (Å²) in [4.78, 5) is 14.3. The number of benzene rings is 1. The minimum atomic E-state index is -0.0351. The highest BCUT2D eigenvalue weighted by Crippen LogP contribution is 2.24. The molecule has 4 heteroatoms. The van der Waals surface area contributed by atoms with E-state index >= 15 is 0 Å². The van der Waals surface area contributed by atoms with Crippen LogP contribution in [-0.2, 0) is 5.41 Å². The molecule has 1 heterocycles. The minimum absolute atomic E-state index is 0.00800. The molecule has 0 amide bonds. The first kappa shape index (κ1) is 16.0. The van der Waals surface area contributed by atoms with Gasteiger partial charge < -0.3 is 4.90 Å². The van der Waals surface area contributed by atoms with Crippen LogP contribution in [0.25, 0.3) is 6.08 Å². The van der Waals surface area contributed by atoms with E-state index in [9.17, 15) is 4.79 Å². The molecule has 0 spiro atoms. The number of nitrogens with one attached hydrogen (secondary N) is 1. The molecule has 0 aliphatic rings. The van der Waals surface area contributed by atoms with Gasteiger partial charge in [-0.25, -0.2) is 0 Å². The van der Waals surface area contributed by atoms with Crippen LogP contribution in [0, 0.1) is 0 Å². The fourth-order valence-electron chi connectivity index (χ4n) is 2.21. The topological polar surface area (TPSA) is 49.0 Å². The van der Waals surface area contributed by atoms with Gasteiger partial charge in [0.1, 0.15) is 0 Å². The average molecular weight is 297 g/mol. The number of H-pyrrole nitrogens is 1. The van der Waals surface area contributed by atoms with Crippen molar-refractivity contribution in [1.29, 1.82) is 0 Å². The highest BCUT2D eigenvalue weighted by Gasteiger charge is 2.18. The van der Waals surface area contributed by atoms with Gasteiger partial charge in [-0.2, -0.15) is 5.10 Å². The van der Waals surface area contributed by atoms with Crippen LogP contribution in [0.15, 0.2) is 36.5 Å². The Morgan fingerprint density at radius 3 is 2.36 bits per heavy atom. The number of nitrogens with zero attached hydrogens (tertiary/aromatic N) is 2. The molecule has 0 aliphatic carbocycles. The van der Waals surface area contributed by atoms with Gasteiger partial charge in [-0.3, -0.25) is 9.89 Å². The molecule has 22 heavy (non-hydrogen) atoms. The van der Waals surface area contributed by atoms with Gasteiger partial charge in [0.05, 0.1) is 6.20 Å². The van der Waals surface area contributed by atoms with Crippen molar-refractivity contribution in [1.82, 2.24) is 10.2 Å². The number of hydrogen-bond acceptors (Lipinski definition) is 3. The third-order valence-corrected chi connectivity index (χ3v) is 3.50. The van der Waals surface area contributed by atoms with Crippen molar-refractivity contribution in [3.05, 3.63) is 53.4 Å². The molecule has 1 aromatic heterocycles. The van der Waals surface area contributed by atoms with Crippen LogP contribution in [0.4, 0.5) is 5.69 Å². The number of carbonyl (C=O) groups excluding carboxylic acids is 1. The van der Waals surface area contributed by atoms with Crippen LogP contribution in [-0.4, -0.2) is 30.1 Å². The quantitative estimate of drug-likeness (QED) is 0.692. The Morgan fingerprint density at radius 2 is 1.82 bits per heavy atom. The minimum Gasteiger partial charge on any atom is -0.378 e. The van der Waals surface area contributed by atoms with Crippen molar-refractivity contribution in [2.24, 2.45) is 0 Å². The van der Waals surface area contributed by atoms with Gasteiger partial charge in [0.25, 0.3) is 0 Å². The summed E-state index contributed by atoms with van der Waals surface area (Å²) < 4.78 is 0. The van der Waals surface area contributed by atoms with E-state index in [2.05, 4.69) is 31.0 Å².